The zero-order valence-corrected chi connectivity index (χ0v) is 12.7. The topological polar surface area (TPSA) is 12.0 Å². The Morgan fingerprint density at radius 3 is 2.68 bits per heavy atom. The summed E-state index contributed by atoms with van der Waals surface area (Å²) < 4.78 is 14.2. The Kier molecular flexibility index (Phi) is 5.22. The molecule has 0 aliphatic carbocycles. The van der Waals surface area contributed by atoms with E-state index in [4.69, 9.17) is 23.2 Å². The molecule has 0 bridgehead atoms. The molecule has 1 N–H and O–H groups in total. The SMILES string of the molecule is CCNC(Cc1cccc(F)c1Cl)c1ccc(Cl)s1. The van der Waals surface area contributed by atoms with Gasteiger partial charge >= 0.3 is 0 Å². The van der Waals surface area contributed by atoms with E-state index in [0.717, 1.165) is 21.3 Å². The number of nitrogens with one attached hydrogen (secondary N) is 1. The van der Waals surface area contributed by atoms with Gasteiger partial charge in [0.05, 0.1) is 9.36 Å². The largest absolute Gasteiger partial charge is 0.309 e. The summed E-state index contributed by atoms with van der Waals surface area (Å²) in [6.07, 6.45) is 0.640. The van der Waals surface area contributed by atoms with Crippen molar-refractivity contribution in [2.24, 2.45) is 0 Å². The lowest BCUT2D eigenvalue weighted by atomic mass is 10.0. The van der Waals surface area contributed by atoms with Crippen molar-refractivity contribution in [3.8, 4) is 0 Å². The molecule has 0 aliphatic rings. The van der Waals surface area contributed by atoms with Gasteiger partial charge < -0.3 is 5.32 Å². The van der Waals surface area contributed by atoms with Crippen LogP contribution in [0.25, 0.3) is 0 Å². The van der Waals surface area contributed by atoms with E-state index in [1.807, 2.05) is 25.1 Å². The summed E-state index contributed by atoms with van der Waals surface area (Å²) in [4.78, 5) is 1.13. The number of hydrogen-bond acceptors (Lipinski definition) is 2. The Bertz CT molecular complexity index is 556. The van der Waals surface area contributed by atoms with Crippen LogP contribution < -0.4 is 5.32 Å². The Labute approximate surface area is 126 Å². The van der Waals surface area contributed by atoms with Crippen LogP contribution in [-0.4, -0.2) is 6.54 Å². The van der Waals surface area contributed by atoms with Crippen molar-refractivity contribution in [2.75, 3.05) is 6.54 Å². The van der Waals surface area contributed by atoms with E-state index >= 15 is 0 Å². The molecule has 102 valence electrons. The first kappa shape index (κ1) is 14.8. The van der Waals surface area contributed by atoms with E-state index < -0.39 is 0 Å². The van der Waals surface area contributed by atoms with Crippen LogP contribution in [-0.2, 0) is 6.42 Å². The summed E-state index contributed by atoms with van der Waals surface area (Å²) in [5.41, 5.74) is 0.803. The lowest BCUT2D eigenvalue weighted by molar-refractivity contribution is 0.555. The third-order valence-corrected chi connectivity index (χ3v) is 4.61. The third-order valence-electron chi connectivity index (χ3n) is 2.84. The Hall–Kier alpha value is -0.610. The van der Waals surface area contributed by atoms with E-state index in [1.165, 1.54) is 17.4 Å². The highest BCUT2D eigenvalue weighted by Crippen LogP contribution is 2.31. The molecule has 0 radical (unpaired) electrons. The van der Waals surface area contributed by atoms with E-state index in [9.17, 15) is 4.39 Å². The minimum atomic E-state index is -0.376. The first-order valence-corrected chi connectivity index (χ1v) is 7.60. The fourth-order valence-electron chi connectivity index (χ4n) is 1.96. The zero-order chi connectivity index (χ0) is 13.8. The molecule has 0 saturated carbocycles. The summed E-state index contributed by atoms with van der Waals surface area (Å²) in [6.45, 7) is 2.86. The van der Waals surface area contributed by atoms with Gasteiger partial charge in [0.2, 0.25) is 0 Å². The highest BCUT2D eigenvalue weighted by molar-refractivity contribution is 7.16. The van der Waals surface area contributed by atoms with Crippen molar-refractivity contribution in [3.63, 3.8) is 0 Å². The molecule has 2 aromatic rings. The fraction of sp³-hybridized carbons (Fsp3) is 0.286. The Balaban J connectivity index is 2.23. The molecule has 5 heteroatoms. The van der Waals surface area contributed by atoms with Crippen molar-refractivity contribution in [2.45, 2.75) is 19.4 Å². The van der Waals surface area contributed by atoms with E-state index in [2.05, 4.69) is 5.32 Å². The molecule has 0 saturated heterocycles. The van der Waals surface area contributed by atoms with E-state index in [1.54, 1.807) is 6.07 Å². The second-order valence-electron chi connectivity index (χ2n) is 4.17. The van der Waals surface area contributed by atoms with Gasteiger partial charge in [0.15, 0.2) is 0 Å². The van der Waals surface area contributed by atoms with E-state index in [0.29, 0.717) is 6.42 Å². The summed E-state index contributed by atoms with van der Waals surface area (Å²) in [7, 11) is 0. The quantitative estimate of drug-likeness (QED) is 0.810. The molecule has 19 heavy (non-hydrogen) atoms. The van der Waals surface area contributed by atoms with Crippen LogP contribution in [0, 0.1) is 5.82 Å². The van der Waals surface area contributed by atoms with Gasteiger partial charge in [-0.15, -0.1) is 11.3 Å². The maximum absolute atomic E-state index is 13.5. The first-order chi connectivity index (χ1) is 9.11. The van der Waals surface area contributed by atoms with Gasteiger partial charge in [0.25, 0.3) is 0 Å². The standard InChI is InChI=1S/C14H14Cl2FNS/c1-2-18-11(12-6-7-13(15)19-12)8-9-4-3-5-10(17)14(9)16/h3-7,11,18H,2,8H2,1H3. The smallest absolute Gasteiger partial charge is 0.142 e. The van der Waals surface area contributed by atoms with E-state index in [-0.39, 0.29) is 16.9 Å². The predicted octanol–water partition coefficient (Wildman–Crippen LogP) is 5.09. The molecule has 1 unspecified atom stereocenters. The molecular formula is C14H14Cl2FNS. The van der Waals surface area contributed by atoms with Gasteiger partial charge in [-0.2, -0.15) is 0 Å². The second kappa shape index (κ2) is 6.71. The second-order valence-corrected chi connectivity index (χ2v) is 6.29. The highest BCUT2D eigenvalue weighted by atomic mass is 35.5. The molecule has 1 heterocycles. The van der Waals surface area contributed by atoms with Crippen molar-refractivity contribution < 1.29 is 4.39 Å². The molecule has 1 aromatic heterocycles. The monoisotopic (exact) mass is 317 g/mol. The number of thiophene rings is 1. The van der Waals surface area contributed by atoms with Crippen molar-refractivity contribution in [1.29, 1.82) is 0 Å². The number of halogens is 3. The molecule has 0 spiro atoms. The Morgan fingerprint density at radius 2 is 2.05 bits per heavy atom. The minimum Gasteiger partial charge on any atom is -0.309 e. The first-order valence-electron chi connectivity index (χ1n) is 6.03. The van der Waals surface area contributed by atoms with Crippen LogP contribution in [0.5, 0.6) is 0 Å². The minimum absolute atomic E-state index is 0.0989. The maximum atomic E-state index is 13.5. The van der Waals surface area contributed by atoms with Gasteiger partial charge in [0, 0.05) is 10.9 Å². The fourth-order valence-corrected chi connectivity index (χ4v) is 3.30. The van der Waals surface area contributed by atoms with Crippen LogP contribution in [0.1, 0.15) is 23.4 Å². The van der Waals surface area contributed by atoms with Crippen molar-refractivity contribution in [3.05, 3.63) is 55.9 Å². The Morgan fingerprint density at radius 1 is 1.26 bits per heavy atom. The van der Waals surface area contributed by atoms with Gasteiger partial charge in [-0.3, -0.25) is 0 Å². The maximum Gasteiger partial charge on any atom is 0.142 e. The molecule has 2 rings (SSSR count). The summed E-state index contributed by atoms with van der Waals surface area (Å²) in [6, 6.07) is 8.87. The molecular weight excluding hydrogens is 304 g/mol. The number of rotatable bonds is 5. The average Bonchev–Trinajstić information content (AvgIpc) is 2.81. The zero-order valence-electron chi connectivity index (χ0n) is 10.4. The van der Waals surface area contributed by atoms with Crippen LogP contribution in [0.4, 0.5) is 4.39 Å². The van der Waals surface area contributed by atoms with Crippen LogP contribution in [0.15, 0.2) is 30.3 Å². The van der Waals surface area contributed by atoms with Gasteiger partial charge in [0.1, 0.15) is 5.82 Å². The molecule has 1 aromatic carbocycles. The van der Waals surface area contributed by atoms with Crippen molar-refractivity contribution in [1.82, 2.24) is 5.32 Å². The molecule has 0 amide bonds. The molecule has 0 aliphatic heterocycles. The lowest BCUT2D eigenvalue weighted by Gasteiger charge is -2.17. The normalized spacial score (nSPS) is 12.6. The third kappa shape index (κ3) is 3.69. The average molecular weight is 318 g/mol. The number of benzene rings is 1. The van der Waals surface area contributed by atoms with Gasteiger partial charge in [-0.1, -0.05) is 42.3 Å². The van der Waals surface area contributed by atoms with Gasteiger partial charge in [-0.05, 0) is 36.7 Å². The lowest BCUT2D eigenvalue weighted by Crippen LogP contribution is -2.22. The highest BCUT2D eigenvalue weighted by Gasteiger charge is 2.16. The summed E-state index contributed by atoms with van der Waals surface area (Å²) >= 11 is 13.5. The van der Waals surface area contributed by atoms with Crippen LogP contribution in [0.2, 0.25) is 9.36 Å². The molecule has 1 nitrogen and oxygen atoms in total. The van der Waals surface area contributed by atoms with Crippen LogP contribution >= 0.6 is 34.5 Å². The van der Waals surface area contributed by atoms with Gasteiger partial charge in [-0.25, -0.2) is 4.39 Å². The molecule has 0 fully saturated rings. The number of hydrogen-bond donors (Lipinski definition) is 1. The van der Waals surface area contributed by atoms with Crippen molar-refractivity contribution >= 4 is 34.5 Å². The summed E-state index contributed by atoms with van der Waals surface area (Å²) in [5.74, 6) is -0.376. The predicted molar refractivity (Wildman–Crippen MR) is 80.9 cm³/mol. The summed E-state index contributed by atoms with van der Waals surface area (Å²) in [5, 5.41) is 3.58. The number of likely N-dealkylation sites (N-methyl/N-ethyl adjacent to an activating group) is 1. The molecule has 1 atom stereocenters. The van der Waals surface area contributed by atoms with Crippen LogP contribution in [0.3, 0.4) is 0 Å².